The van der Waals surface area contributed by atoms with Crippen molar-refractivity contribution >= 4 is 5.82 Å². The Hall–Kier alpha value is -2.61. The van der Waals surface area contributed by atoms with Gasteiger partial charge in [0.05, 0.1) is 5.69 Å². The maximum Gasteiger partial charge on any atom is 0.124 e. The molecule has 0 amide bonds. The van der Waals surface area contributed by atoms with Crippen molar-refractivity contribution in [2.75, 3.05) is 5.73 Å². The van der Waals surface area contributed by atoms with Crippen LogP contribution >= 0.6 is 0 Å². The molecule has 0 radical (unpaired) electrons. The van der Waals surface area contributed by atoms with Crippen molar-refractivity contribution in [3.05, 3.63) is 72.3 Å². The molecule has 2 nitrogen and oxygen atoms in total. The predicted octanol–water partition coefficient (Wildman–Crippen LogP) is 4.56. The van der Waals surface area contributed by atoms with Crippen LogP contribution in [0.1, 0.15) is 12.5 Å². The maximum atomic E-state index is 5.73. The summed E-state index contributed by atoms with van der Waals surface area (Å²) in [7, 11) is 0. The summed E-state index contributed by atoms with van der Waals surface area (Å²) >= 11 is 0. The van der Waals surface area contributed by atoms with Crippen molar-refractivity contribution in [1.82, 2.24) is 4.98 Å². The highest BCUT2D eigenvalue weighted by Gasteiger charge is 2.02. The fourth-order valence-corrected chi connectivity index (χ4v) is 2.38. The van der Waals surface area contributed by atoms with E-state index < -0.39 is 0 Å². The van der Waals surface area contributed by atoms with Crippen LogP contribution in [-0.4, -0.2) is 4.98 Å². The van der Waals surface area contributed by atoms with Gasteiger partial charge >= 0.3 is 0 Å². The summed E-state index contributed by atoms with van der Waals surface area (Å²) in [6, 6.07) is 22.8. The van der Waals surface area contributed by atoms with Crippen LogP contribution in [-0.2, 0) is 6.42 Å². The number of nitrogens with two attached hydrogens (primary N) is 1. The third-order valence-corrected chi connectivity index (χ3v) is 3.65. The lowest BCUT2D eigenvalue weighted by atomic mass is 10.0. The summed E-state index contributed by atoms with van der Waals surface area (Å²) in [5.74, 6) is 0.548. The third-order valence-electron chi connectivity index (χ3n) is 3.65. The zero-order valence-corrected chi connectivity index (χ0v) is 12.1. The zero-order valence-electron chi connectivity index (χ0n) is 12.1. The molecule has 2 aromatic carbocycles. The van der Waals surface area contributed by atoms with Crippen molar-refractivity contribution in [2.45, 2.75) is 13.3 Å². The van der Waals surface area contributed by atoms with E-state index in [1.54, 1.807) is 6.07 Å². The van der Waals surface area contributed by atoms with E-state index >= 15 is 0 Å². The number of hydrogen-bond donors (Lipinski definition) is 1. The second-order valence-corrected chi connectivity index (χ2v) is 5.08. The molecule has 0 atom stereocenters. The topological polar surface area (TPSA) is 38.9 Å². The number of aryl methyl sites for hydroxylation is 1. The number of hydrogen-bond acceptors (Lipinski definition) is 2. The van der Waals surface area contributed by atoms with Gasteiger partial charge in [-0.05, 0) is 35.2 Å². The average molecular weight is 274 g/mol. The van der Waals surface area contributed by atoms with Gasteiger partial charge in [-0.1, -0.05) is 61.5 Å². The summed E-state index contributed by atoms with van der Waals surface area (Å²) in [5.41, 5.74) is 11.5. The molecular formula is C19H18N2. The van der Waals surface area contributed by atoms with Crippen molar-refractivity contribution in [1.29, 1.82) is 0 Å². The molecule has 0 saturated heterocycles. The molecule has 0 bridgehead atoms. The molecule has 3 rings (SSSR count). The highest BCUT2D eigenvalue weighted by Crippen LogP contribution is 2.24. The molecule has 0 aliphatic carbocycles. The highest BCUT2D eigenvalue weighted by atomic mass is 14.8. The quantitative estimate of drug-likeness (QED) is 0.760. The van der Waals surface area contributed by atoms with Crippen LogP contribution < -0.4 is 5.73 Å². The minimum absolute atomic E-state index is 0.548. The fourth-order valence-electron chi connectivity index (χ4n) is 2.38. The van der Waals surface area contributed by atoms with Gasteiger partial charge in [-0.15, -0.1) is 0 Å². The normalized spacial score (nSPS) is 10.5. The third kappa shape index (κ3) is 2.95. The van der Waals surface area contributed by atoms with Crippen LogP contribution in [0, 0.1) is 0 Å². The van der Waals surface area contributed by atoms with E-state index in [1.165, 1.54) is 16.7 Å². The first-order valence-corrected chi connectivity index (χ1v) is 7.18. The molecule has 0 fully saturated rings. The lowest BCUT2D eigenvalue weighted by Crippen LogP contribution is -1.91. The van der Waals surface area contributed by atoms with Crippen LogP contribution in [0.4, 0.5) is 5.82 Å². The molecule has 1 heterocycles. The predicted molar refractivity (Wildman–Crippen MR) is 88.9 cm³/mol. The largest absolute Gasteiger partial charge is 0.384 e. The van der Waals surface area contributed by atoms with E-state index in [1.807, 2.05) is 12.1 Å². The van der Waals surface area contributed by atoms with Gasteiger partial charge in [0.15, 0.2) is 0 Å². The first kappa shape index (κ1) is 13.4. The Bertz CT molecular complexity index is 728. The Morgan fingerprint density at radius 1 is 0.762 bits per heavy atom. The minimum Gasteiger partial charge on any atom is -0.384 e. The van der Waals surface area contributed by atoms with E-state index in [2.05, 4.69) is 60.4 Å². The molecule has 0 aliphatic rings. The van der Waals surface area contributed by atoms with E-state index in [9.17, 15) is 0 Å². The second-order valence-electron chi connectivity index (χ2n) is 5.08. The van der Waals surface area contributed by atoms with E-state index in [4.69, 9.17) is 5.73 Å². The van der Waals surface area contributed by atoms with Gasteiger partial charge in [0.25, 0.3) is 0 Å². The number of aromatic nitrogens is 1. The van der Waals surface area contributed by atoms with Crippen LogP contribution in [0.3, 0.4) is 0 Å². The summed E-state index contributed by atoms with van der Waals surface area (Å²) in [4.78, 5) is 4.35. The molecule has 0 aliphatic heterocycles. The molecule has 2 N–H and O–H groups in total. The van der Waals surface area contributed by atoms with Gasteiger partial charge in [-0.2, -0.15) is 0 Å². The molecule has 0 unspecified atom stereocenters. The van der Waals surface area contributed by atoms with Crippen molar-refractivity contribution in [3.63, 3.8) is 0 Å². The molecule has 1 aromatic heterocycles. The molecule has 2 heteroatoms. The SMILES string of the molecule is CCc1ccc(-c2ccc(-c3cccc(N)n3)cc2)cc1. The van der Waals surface area contributed by atoms with Crippen LogP contribution in [0.15, 0.2) is 66.7 Å². The smallest absolute Gasteiger partial charge is 0.124 e. The lowest BCUT2D eigenvalue weighted by Gasteiger charge is -2.06. The lowest BCUT2D eigenvalue weighted by molar-refractivity contribution is 1.14. The van der Waals surface area contributed by atoms with Gasteiger partial charge in [0.2, 0.25) is 0 Å². The summed E-state index contributed by atoms with van der Waals surface area (Å²) in [6.07, 6.45) is 1.07. The van der Waals surface area contributed by atoms with Crippen molar-refractivity contribution < 1.29 is 0 Å². The van der Waals surface area contributed by atoms with E-state index in [-0.39, 0.29) is 0 Å². The van der Waals surface area contributed by atoms with Gasteiger partial charge < -0.3 is 5.73 Å². The number of rotatable bonds is 3. The molecule has 0 saturated carbocycles. The second kappa shape index (κ2) is 5.80. The molecule has 21 heavy (non-hydrogen) atoms. The molecule has 3 aromatic rings. The fraction of sp³-hybridized carbons (Fsp3) is 0.105. The molecule has 0 spiro atoms. The number of nitrogen functional groups attached to an aromatic ring is 1. The summed E-state index contributed by atoms with van der Waals surface area (Å²) in [6.45, 7) is 2.17. The van der Waals surface area contributed by atoms with Crippen LogP contribution in [0.2, 0.25) is 0 Å². The number of anilines is 1. The number of pyridine rings is 1. The summed E-state index contributed by atoms with van der Waals surface area (Å²) in [5, 5.41) is 0. The Morgan fingerprint density at radius 2 is 1.33 bits per heavy atom. The van der Waals surface area contributed by atoms with Gasteiger partial charge in [-0.25, -0.2) is 4.98 Å². The van der Waals surface area contributed by atoms with Gasteiger partial charge in [0.1, 0.15) is 5.82 Å². The Kier molecular flexibility index (Phi) is 3.69. The Morgan fingerprint density at radius 3 is 1.90 bits per heavy atom. The molecule has 104 valence electrons. The number of benzene rings is 2. The number of nitrogens with zero attached hydrogens (tertiary/aromatic N) is 1. The summed E-state index contributed by atoms with van der Waals surface area (Å²) < 4.78 is 0. The first-order chi connectivity index (χ1) is 10.3. The highest BCUT2D eigenvalue weighted by molar-refractivity contribution is 5.69. The Labute approximate surface area is 125 Å². The van der Waals surface area contributed by atoms with Gasteiger partial charge in [-0.3, -0.25) is 0 Å². The maximum absolute atomic E-state index is 5.73. The Balaban J connectivity index is 1.89. The van der Waals surface area contributed by atoms with Crippen molar-refractivity contribution in [2.24, 2.45) is 0 Å². The first-order valence-electron chi connectivity index (χ1n) is 7.18. The zero-order chi connectivity index (χ0) is 14.7. The molecular weight excluding hydrogens is 256 g/mol. The monoisotopic (exact) mass is 274 g/mol. The van der Waals surface area contributed by atoms with Crippen LogP contribution in [0.5, 0.6) is 0 Å². The van der Waals surface area contributed by atoms with Crippen molar-refractivity contribution in [3.8, 4) is 22.4 Å². The van der Waals surface area contributed by atoms with Gasteiger partial charge in [0, 0.05) is 5.56 Å². The average Bonchev–Trinajstić information content (AvgIpc) is 2.55. The minimum atomic E-state index is 0.548. The standard InChI is InChI=1S/C19H18N2/c1-2-14-6-8-15(9-7-14)16-10-12-17(13-11-16)18-4-3-5-19(20)21-18/h3-13H,2H2,1H3,(H2,20,21). The van der Waals surface area contributed by atoms with E-state index in [0.29, 0.717) is 5.82 Å². The van der Waals surface area contributed by atoms with E-state index in [0.717, 1.165) is 17.7 Å². The van der Waals surface area contributed by atoms with Crippen LogP contribution in [0.25, 0.3) is 22.4 Å².